The minimum atomic E-state index is 0. The summed E-state index contributed by atoms with van der Waals surface area (Å²) in [6.07, 6.45) is 0. The van der Waals surface area contributed by atoms with Gasteiger partial charge < -0.3 is 23.5 Å². The second-order valence-electron chi connectivity index (χ2n) is 3.51. The van der Waals surface area contributed by atoms with Gasteiger partial charge in [0.15, 0.2) is 0 Å². The Morgan fingerprint density at radius 2 is 1.00 bits per heavy atom. The van der Waals surface area contributed by atoms with Crippen molar-refractivity contribution in [2.75, 3.05) is 0 Å². The molecule has 7 heteroatoms. The Kier molecular flexibility index (Phi) is 15.3. The van der Waals surface area contributed by atoms with Crippen molar-refractivity contribution in [1.29, 1.82) is 0 Å². The molecule has 0 atom stereocenters. The summed E-state index contributed by atoms with van der Waals surface area (Å²) in [5.74, 6) is 0. The predicted molar refractivity (Wildman–Crippen MR) is 90.5 cm³/mol. The van der Waals surface area contributed by atoms with E-state index >= 15 is 0 Å². The molecular weight excluding hydrogens is 330 g/mol. The van der Waals surface area contributed by atoms with Gasteiger partial charge in [-0.2, -0.15) is 18.1 Å². The quantitative estimate of drug-likeness (QED) is 0.230. The van der Waals surface area contributed by atoms with Gasteiger partial charge in [0.05, 0.1) is 0 Å². The van der Waals surface area contributed by atoms with Crippen LogP contribution in [0.1, 0.15) is 0 Å². The van der Waals surface area contributed by atoms with Crippen LogP contribution < -0.4 is 37.7 Å². The topological polar surface area (TPSA) is 0 Å². The molecule has 94 valence electrons. The van der Waals surface area contributed by atoms with Crippen molar-refractivity contribution in [2.45, 2.75) is 9.79 Å². The normalized spacial score (nSPS) is 9.52. The first kappa shape index (κ1) is 22.0. The van der Waals surface area contributed by atoms with Crippen molar-refractivity contribution in [3.8, 4) is 0 Å². The molecule has 0 heterocycles. The van der Waals surface area contributed by atoms with Crippen LogP contribution in [0.15, 0.2) is 70.5 Å². The van der Waals surface area contributed by atoms with Gasteiger partial charge in [-0.25, -0.2) is 0 Å². The number of hydrogen-bond donors (Lipinski definition) is 0. The van der Waals surface area contributed by atoms with E-state index < -0.39 is 0 Å². The molecule has 0 unspecified atom stereocenters. The molecule has 2 rings (SSSR count). The Bertz CT molecular complexity index is 417. The van der Waals surface area contributed by atoms with Gasteiger partial charge in [0, 0.05) is 0 Å². The van der Waals surface area contributed by atoms with Gasteiger partial charge >= 0.3 is 37.7 Å². The average Bonchev–Trinajstić information content (AvgIpc) is 2.48. The van der Waals surface area contributed by atoms with Crippen LogP contribution in [0.2, 0.25) is 0 Å². The second-order valence-corrected chi connectivity index (χ2v) is 12.4. The molecule has 2 aromatic carbocycles. The van der Waals surface area contributed by atoms with Gasteiger partial charge in [-0.1, -0.05) is 69.2 Å². The first-order chi connectivity index (χ1) is 9.45. The molecule has 0 amide bonds. The van der Waals surface area contributed by atoms with E-state index in [1.54, 1.807) is 0 Å². The summed E-state index contributed by atoms with van der Waals surface area (Å²) >= 11 is 3.71. The minimum absolute atomic E-state index is 0. The van der Waals surface area contributed by atoms with E-state index in [4.69, 9.17) is 0 Å². The van der Waals surface area contributed by atoms with Crippen LogP contribution in [0.4, 0.5) is 0 Å². The summed E-state index contributed by atoms with van der Waals surface area (Å²) in [5, 5.41) is 4.70. The SMILES string of the molecule is [Li+].[Li+].c1ccc(S[CH-][Si][Si][Si][CH-]Sc2ccccc2)cc1. The van der Waals surface area contributed by atoms with E-state index in [-0.39, 0.29) is 37.7 Å². The summed E-state index contributed by atoms with van der Waals surface area (Å²) in [5.41, 5.74) is 0. The summed E-state index contributed by atoms with van der Waals surface area (Å²) in [6.45, 7) is 0. The first-order valence-corrected chi connectivity index (χ1v) is 12.7. The third-order valence-corrected chi connectivity index (χ3v) is 11.0. The maximum Gasteiger partial charge on any atom is 1.00 e. The van der Waals surface area contributed by atoms with Crippen molar-refractivity contribution in [1.82, 2.24) is 0 Å². The maximum atomic E-state index is 2.35. The van der Waals surface area contributed by atoms with Crippen LogP contribution in [0.5, 0.6) is 0 Å². The van der Waals surface area contributed by atoms with Crippen molar-refractivity contribution in [3.05, 3.63) is 71.4 Å². The van der Waals surface area contributed by atoms with E-state index in [0.717, 1.165) is 26.6 Å². The van der Waals surface area contributed by atoms with E-state index in [1.165, 1.54) is 9.79 Å². The van der Waals surface area contributed by atoms with Crippen LogP contribution in [0, 0.1) is 10.8 Å². The number of rotatable bonds is 8. The summed E-state index contributed by atoms with van der Waals surface area (Å²) in [4.78, 5) is 2.68. The molecule has 0 nitrogen and oxygen atoms in total. The fraction of sp³-hybridized carbons (Fsp3) is 0. The molecule has 0 bridgehead atoms. The summed E-state index contributed by atoms with van der Waals surface area (Å²) in [6, 6.07) is 21.1. The standard InChI is InChI=1S/C14H12S2Si3.2Li/c1-3-7-13(8-4-1)15-11-17-19-18-12-16-14-9-5-2-6-10-14;;/h1-12H;;/q-2;2*+1. The van der Waals surface area contributed by atoms with E-state index in [9.17, 15) is 0 Å². The van der Waals surface area contributed by atoms with Gasteiger partial charge in [-0.15, -0.1) is 0 Å². The fourth-order valence-electron chi connectivity index (χ4n) is 1.29. The molecule has 0 spiro atoms. The van der Waals surface area contributed by atoms with Gasteiger partial charge in [0.1, 0.15) is 0 Å². The Morgan fingerprint density at radius 3 is 1.38 bits per heavy atom. The van der Waals surface area contributed by atoms with Gasteiger partial charge in [0.2, 0.25) is 0 Å². The zero-order valence-corrected chi connectivity index (χ0v) is 16.9. The number of benzene rings is 2. The Hall–Kier alpha value is 0.985. The third-order valence-electron chi connectivity index (χ3n) is 2.14. The Balaban J connectivity index is 0.00000200. The molecule has 0 aromatic heterocycles. The van der Waals surface area contributed by atoms with Crippen molar-refractivity contribution in [3.63, 3.8) is 0 Å². The third kappa shape index (κ3) is 10.4. The molecule has 0 saturated carbocycles. The van der Waals surface area contributed by atoms with Gasteiger partial charge in [-0.05, 0) is 9.79 Å². The molecule has 2 aromatic rings. The largest absolute Gasteiger partial charge is 1.00 e. The number of hydrogen-bond acceptors (Lipinski definition) is 2. The molecule has 0 N–H and O–H groups in total. The number of thioether (sulfide) groups is 2. The molecule has 0 aliphatic rings. The molecule has 0 saturated heterocycles. The van der Waals surface area contributed by atoms with Crippen molar-refractivity contribution >= 4 is 50.2 Å². The van der Waals surface area contributed by atoms with E-state index in [1.807, 2.05) is 23.5 Å². The van der Waals surface area contributed by atoms with Crippen molar-refractivity contribution in [2.24, 2.45) is 0 Å². The summed E-state index contributed by atoms with van der Waals surface area (Å²) in [7, 11) is 2.96. The predicted octanol–water partition coefficient (Wildman–Crippen LogP) is -2.24. The van der Waals surface area contributed by atoms with Gasteiger partial charge in [0.25, 0.3) is 0 Å². The molecule has 0 aliphatic carbocycles. The van der Waals surface area contributed by atoms with Crippen LogP contribution in [0.25, 0.3) is 0 Å². The zero-order valence-electron chi connectivity index (χ0n) is 12.2. The van der Waals surface area contributed by atoms with Crippen LogP contribution in [-0.4, -0.2) is 26.6 Å². The van der Waals surface area contributed by atoms with Crippen molar-refractivity contribution < 1.29 is 37.7 Å². The minimum Gasteiger partial charge on any atom is -0.319 e. The molecule has 21 heavy (non-hydrogen) atoms. The second kappa shape index (κ2) is 14.6. The summed E-state index contributed by atoms with van der Waals surface area (Å²) < 4.78 is 0. The van der Waals surface area contributed by atoms with Crippen LogP contribution in [0.3, 0.4) is 0 Å². The molecule has 0 aliphatic heterocycles. The van der Waals surface area contributed by atoms with Gasteiger partial charge in [-0.3, -0.25) is 10.8 Å². The average molecular weight is 343 g/mol. The zero-order chi connectivity index (χ0) is 13.2. The Morgan fingerprint density at radius 1 is 0.619 bits per heavy atom. The van der Waals surface area contributed by atoms with E-state index in [0.29, 0.717) is 0 Å². The molecular formula is C14H12Li2S2Si3. The molecule has 6 radical (unpaired) electrons. The first-order valence-electron chi connectivity index (χ1n) is 5.78. The van der Waals surface area contributed by atoms with Crippen LogP contribution in [-0.2, 0) is 0 Å². The fourth-order valence-corrected chi connectivity index (χ4v) is 10.3. The Labute approximate surface area is 167 Å². The van der Waals surface area contributed by atoms with E-state index in [2.05, 4.69) is 71.4 Å². The van der Waals surface area contributed by atoms with Crippen LogP contribution >= 0.6 is 23.5 Å². The maximum absolute atomic E-state index is 2.35. The monoisotopic (exact) mass is 342 g/mol. The molecule has 0 fully saturated rings. The smallest absolute Gasteiger partial charge is 0.319 e.